The first-order chi connectivity index (χ1) is 9.70. The Morgan fingerprint density at radius 2 is 2.30 bits per heavy atom. The number of carbonyl (C=O) groups excluding carboxylic acids is 1. The number of nitrogens with zero attached hydrogens (tertiary/aromatic N) is 2. The van der Waals surface area contributed by atoms with Gasteiger partial charge in [-0.2, -0.15) is 5.10 Å². The van der Waals surface area contributed by atoms with E-state index in [-0.39, 0.29) is 0 Å². The standard InChI is InChI=1S/C15H17N3O2/c1-10-5-3-6-11(9-10)18-12-7-4-8-16-13(12)14(17-18)15(19)20-2/h3,5-6,9,16H,4,7-8H2,1-2H3. The highest BCUT2D eigenvalue weighted by atomic mass is 16.5. The van der Waals surface area contributed by atoms with E-state index in [1.165, 1.54) is 7.11 Å². The maximum atomic E-state index is 11.9. The van der Waals surface area contributed by atoms with Crippen molar-refractivity contribution in [3.8, 4) is 5.69 Å². The fourth-order valence-electron chi connectivity index (χ4n) is 2.55. The number of hydrogen-bond acceptors (Lipinski definition) is 4. The van der Waals surface area contributed by atoms with Gasteiger partial charge < -0.3 is 10.1 Å². The van der Waals surface area contributed by atoms with Gasteiger partial charge in [-0.1, -0.05) is 12.1 Å². The van der Waals surface area contributed by atoms with Crippen LogP contribution >= 0.6 is 0 Å². The van der Waals surface area contributed by atoms with Crippen molar-refractivity contribution < 1.29 is 9.53 Å². The summed E-state index contributed by atoms with van der Waals surface area (Å²) in [6.45, 7) is 2.90. The number of carbonyl (C=O) groups is 1. The lowest BCUT2D eigenvalue weighted by Gasteiger charge is -2.16. The molecule has 0 radical (unpaired) electrons. The SMILES string of the molecule is COC(=O)c1nn(-c2cccc(C)c2)c2c1NCCC2. The third kappa shape index (κ3) is 2.05. The van der Waals surface area contributed by atoms with Crippen molar-refractivity contribution in [1.82, 2.24) is 9.78 Å². The Kier molecular flexibility index (Phi) is 3.18. The van der Waals surface area contributed by atoms with E-state index >= 15 is 0 Å². The van der Waals surface area contributed by atoms with Crippen LogP contribution in [-0.4, -0.2) is 29.4 Å². The number of aromatic nitrogens is 2. The highest BCUT2D eigenvalue weighted by molar-refractivity contribution is 5.94. The highest BCUT2D eigenvalue weighted by Gasteiger charge is 2.26. The van der Waals surface area contributed by atoms with Crippen molar-refractivity contribution in [3.63, 3.8) is 0 Å². The Bertz CT molecular complexity index is 661. The zero-order chi connectivity index (χ0) is 14.1. The van der Waals surface area contributed by atoms with Crippen LogP contribution in [0.5, 0.6) is 0 Å². The molecular formula is C15H17N3O2. The summed E-state index contributed by atoms with van der Waals surface area (Å²) >= 11 is 0. The van der Waals surface area contributed by atoms with Crippen molar-refractivity contribution in [2.45, 2.75) is 19.8 Å². The number of ether oxygens (including phenoxy) is 1. The van der Waals surface area contributed by atoms with E-state index in [0.29, 0.717) is 5.69 Å². The molecule has 0 aliphatic carbocycles. The van der Waals surface area contributed by atoms with Crippen molar-refractivity contribution >= 4 is 11.7 Å². The molecule has 2 aromatic rings. The lowest BCUT2D eigenvalue weighted by Crippen LogP contribution is -2.15. The molecule has 0 spiro atoms. The molecule has 1 aliphatic rings. The van der Waals surface area contributed by atoms with E-state index in [9.17, 15) is 4.79 Å². The van der Waals surface area contributed by atoms with Gasteiger partial charge in [-0.3, -0.25) is 0 Å². The van der Waals surface area contributed by atoms with Gasteiger partial charge >= 0.3 is 5.97 Å². The van der Waals surface area contributed by atoms with Gasteiger partial charge in [0.15, 0.2) is 5.69 Å². The number of esters is 1. The topological polar surface area (TPSA) is 56.1 Å². The molecule has 1 N–H and O–H groups in total. The molecule has 0 bridgehead atoms. The summed E-state index contributed by atoms with van der Waals surface area (Å²) in [4.78, 5) is 11.9. The smallest absolute Gasteiger partial charge is 0.360 e. The van der Waals surface area contributed by atoms with E-state index in [1.807, 2.05) is 29.8 Å². The third-order valence-electron chi connectivity index (χ3n) is 3.50. The fourth-order valence-corrected chi connectivity index (χ4v) is 2.55. The number of rotatable bonds is 2. The van der Waals surface area contributed by atoms with Crippen molar-refractivity contribution in [3.05, 3.63) is 41.2 Å². The Balaban J connectivity index is 2.16. The molecule has 1 aliphatic heterocycles. The van der Waals surface area contributed by atoms with Gasteiger partial charge in [0.2, 0.25) is 0 Å². The van der Waals surface area contributed by atoms with Crippen molar-refractivity contribution in [2.75, 3.05) is 19.0 Å². The predicted octanol–water partition coefficient (Wildman–Crippen LogP) is 2.33. The molecule has 0 fully saturated rings. The minimum Gasteiger partial charge on any atom is -0.464 e. The van der Waals surface area contributed by atoms with E-state index < -0.39 is 5.97 Å². The number of benzene rings is 1. The maximum Gasteiger partial charge on any atom is 0.360 e. The van der Waals surface area contributed by atoms with Crippen LogP contribution in [0.2, 0.25) is 0 Å². The van der Waals surface area contributed by atoms with Crippen LogP contribution in [-0.2, 0) is 11.2 Å². The molecular weight excluding hydrogens is 254 g/mol. The summed E-state index contributed by atoms with van der Waals surface area (Å²) in [6.07, 6.45) is 1.94. The lowest BCUT2D eigenvalue weighted by atomic mass is 10.1. The number of anilines is 1. The minimum absolute atomic E-state index is 0.365. The highest BCUT2D eigenvalue weighted by Crippen LogP contribution is 2.29. The van der Waals surface area contributed by atoms with Crippen LogP contribution in [0.1, 0.15) is 28.2 Å². The second kappa shape index (κ2) is 5.00. The number of nitrogens with one attached hydrogen (secondary N) is 1. The molecule has 20 heavy (non-hydrogen) atoms. The monoisotopic (exact) mass is 271 g/mol. The van der Waals surface area contributed by atoms with Crippen LogP contribution in [0.3, 0.4) is 0 Å². The van der Waals surface area contributed by atoms with Crippen LogP contribution in [0.25, 0.3) is 5.69 Å². The molecule has 0 atom stereocenters. The van der Waals surface area contributed by atoms with Crippen LogP contribution in [0.15, 0.2) is 24.3 Å². The molecule has 0 amide bonds. The van der Waals surface area contributed by atoms with Crippen molar-refractivity contribution in [1.29, 1.82) is 0 Å². The average molecular weight is 271 g/mol. The Morgan fingerprint density at radius 1 is 1.45 bits per heavy atom. The fraction of sp³-hybridized carbons (Fsp3) is 0.333. The zero-order valence-electron chi connectivity index (χ0n) is 11.6. The Hall–Kier alpha value is -2.30. The predicted molar refractivity (Wildman–Crippen MR) is 76.5 cm³/mol. The molecule has 5 nitrogen and oxygen atoms in total. The number of fused-ring (bicyclic) bond motifs is 1. The molecule has 3 rings (SSSR count). The summed E-state index contributed by atoms with van der Waals surface area (Å²) in [5.74, 6) is -0.401. The summed E-state index contributed by atoms with van der Waals surface area (Å²) < 4.78 is 6.67. The van der Waals surface area contributed by atoms with Crippen LogP contribution in [0, 0.1) is 6.92 Å². The normalized spacial score (nSPS) is 13.5. The zero-order valence-corrected chi connectivity index (χ0v) is 11.6. The molecule has 104 valence electrons. The van der Waals surface area contributed by atoms with Crippen molar-refractivity contribution in [2.24, 2.45) is 0 Å². The Labute approximate surface area is 117 Å². The third-order valence-corrected chi connectivity index (χ3v) is 3.50. The van der Waals surface area contributed by atoms with E-state index in [2.05, 4.69) is 16.5 Å². The summed E-state index contributed by atoms with van der Waals surface area (Å²) in [5.41, 5.74) is 4.35. The first kappa shape index (κ1) is 12.7. The van der Waals surface area contributed by atoms with Gasteiger partial charge in [0.25, 0.3) is 0 Å². The van der Waals surface area contributed by atoms with E-state index in [0.717, 1.165) is 42.0 Å². The van der Waals surface area contributed by atoms with Crippen LogP contribution in [0.4, 0.5) is 5.69 Å². The largest absolute Gasteiger partial charge is 0.464 e. The van der Waals surface area contributed by atoms with E-state index in [1.54, 1.807) is 0 Å². The van der Waals surface area contributed by atoms with Gasteiger partial charge in [-0.15, -0.1) is 0 Å². The summed E-state index contributed by atoms with van der Waals surface area (Å²) in [5, 5.41) is 7.72. The van der Waals surface area contributed by atoms with Gasteiger partial charge in [-0.25, -0.2) is 9.48 Å². The summed E-state index contributed by atoms with van der Waals surface area (Å²) in [6, 6.07) is 8.09. The summed E-state index contributed by atoms with van der Waals surface area (Å²) in [7, 11) is 1.38. The molecule has 5 heteroatoms. The van der Waals surface area contributed by atoms with E-state index in [4.69, 9.17) is 4.74 Å². The second-order valence-corrected chi connectivity index (χ2v) is 4.94. The molecule has 1 aromatic carbocycles. The first-order valence-electron chi connectivity index (χ1n) is 6.72. The molecule has 2 heterocycles. The van der Waals surface area contributed by atoms with Gasteiger partial charge in [0.1, 0.15) is 0 Å². The van der Waals surface area contributed by atoms with Gasteiger partial charge in [0.05, 0.1) is 24.2 Å². The molecule has 0 saturated heterocycles. The molecule has 0 unspecified atom stereocenters. The first-order valence-corrected chi connectivity index (χ1v) is 6.72. The Morgan fingerprint density at radius 3 is 3.05 bits per heavy atom. The molecule has 1 aromatic heterocycles. The second-order valence-electron chi connectivity index (χ2n) is 4.94. The van der Waals surface area contributed by atoms with Crippen LogP contribution < -0.4 is 5.32 Å². The quantitative estimate of drug-likeness (QED) is 0.852. The number of aryl methyl sites for hydroxylation is 1. The molecule has 0 saturated carbocycles. The van der Waals surface area contributed by atoms with Gasteiger partial charge in [0, 0.05) is 6.54 Å². The average Bonchev–Trinajstić information content (AvgIpc) is 2.86. The lowest BCUT2D eigenvalue weighted by molar-refractivity contribution is 0.0594. The minimum atomic E-state index is -0.401. The number of methoxy groups -OCH3 is 1. The maximum absolute atomic E-state index is 11.9. The number of hydrogen-bond donors (Lipinski definition) is 1. The van der Waals surface area contributed by atoms with Gasteiger partial charge in [-0.05, 0) is 37.5 Å².